The Morgan fingerprint density at radius 2 is 1.88 bits per heavy atom. The van der Waals surface area contributed by atoms with Crippen molar-refractivity contribution >= 4 is 5.91 Å². The summed E-state index contributed by atoms with van der Waals surface area (Å²) >= 11 is 0. The zero-order chi connectivity index (χ0) is 19.6. The zero-order valence-electron chi connectivity index (χ0n) is 14.0. The van der Waals surface area contributed by atoms with Crippen molar-refractivity contribution in [3.8, 4) is 0 Å². The van der Waals surface area contributed by atoms with Gasteiger partial charge < -0.3 is 0 Å². The predicted octanol–water partition coefficient (Wildman–Crippen LogP) is 2.54. The molecule has 1 fully saturated rings. The number of amides is 1. The first-order valence-corrected chi connectivity index (χ1v) is 8.25. The van der Waals surface area contributed by atoms with Gasteiger partial charge >= 0.3 is 18.0 Å². The minimum absolute atomic E-state index is 0.136. The maximum absolute atomic E-state index is 13.9. The Morgan fingerprint density at radius 3 is 2.38 bits per heavy atom. The molecule has 1 unspecified atom stereocenters. The van der Waals surface area contributed by atoms with Crippen molar-refractivity contribution in [2.75, 3.05) is 6.54 Å². The van der Waals surface area contributed by atoms with Crippen molar-refractivity contribution in [2.45, 2.75) is 56.7 Å². The fourth-order valence-electron chi connectivity index (χ4n) is 3.46. The highest BCUT2D eigenvalue weighted by molar-refractivity contribution is 5.76. The van der Waals surface area contributed by atoms with Crippen LogP contribution < -0.4 is 10.2 Å². The lowest BCUT2D eigenvalue weighted by molar-refractivity contribution is -1.01. The lowest BCUT2D eigenvalue weighted by Gasteiger charge is -2.47. The maximum atomic E-state index is 13.9. The largest absolute Gasteiger partial charge is 0.475 e. The van der Waals surface area contributed by atoms with E-state index in [1.807, 2.05) is 0 Å². The topological polar surface area (TPSA) is 46.4 Å². The van der Waals surface area contributed by atoms with Crippen molar-refractivity contribution in [3.63, 3.8) is 0 Å². The maximum Gasteiger partial charge on any atom is 0.475 e. The van der Waals surface area contributed by atoms with E-state index in [1.54, 1.807) is 0 Å². The number of quaternary nitrogens is 1. The number of hydrogen-bond donors (Lipinski definition) is 2. The van der Waals surface area contributed by atoms with Crippen molar-refractivity contribution < 1.29 is 36.0 Å². The quantitative estimate of drug-likeness (QED) is 0.784. The van der Waals surface area contributed by atoms with E-state index in [-0.39, 0.29) is 24.9 Å². The second-order valence-corrected chi connectivity index (χ2v) is 6.26. The molecule has 1 amide bonds. The Bertz CT molecular complexity index is 603. The average molecular weight is 384 g/mol. The van der Waals surface area contributed by atoms with Crippen molar-refractivity contribution in [3.05, 3.63) is 30.1 Å². The van der Waals surface area contributed by atoms with E-state index in [2.05, 4.69) is 4.98 Å². The van der Waals surface area contributed by atoms with Crippen LogP contribution in [0.3, 0.4) is 0 Å². The molecule has 2 heterocycles. The van der Waals surface area contributed by atoms with Crippen LogP contribution >= 0.6 is 0 Å². The molecule has 0 aromatic carbocycles. The van der Waals surface area contributed by atoms with Gasteiger partial charge in [-0.25, -0.2) is 0 Å². The van der Waals surface area contributed by atoms with Gasteiger partial charge in [-0.1, -0.05) is 13.0 Å². The molecular weight excluding hydrogens is 364 g/mol. The number of nitrogens with zero attached hydrogens (tertiary/aromatic N) is 1. The summed E-state index contributed by atoms with van der Waals surface area (Å²) < 4.78 is 83.2. The van der Waals surface area contributed by atoms with E-state index in [1.165, 1.54) is 36.8 Å². The van der Waals surface area contributed by atoms with Crippen LogP contribution in [0, 0.1) is 0 Å². The number of piperidine rings is 1. The molecule has 1 saturated heterocycles. The number of rotatable bonds is 4. The number of alkyl halides is 6. The van der Waals surface area contributed by atoms with Gasteiger partial charge in [-0.15, -0.1) is 0 Å². The molecule has 10 heteroatoms. The molecule has 26 heavy (non-hydrogen) atoms. The Morgan fingerprint density at radius 1 is 1.23 bits per heavy atom. The fraction of sp³-hybridized carbons (Fsp3) is 0.625. The minimum atomic E-state index is -5.72. The summed E-state index contributed by atoms with van der Waals surface area (Å²) in [5.74, 6) is -1.30. The molecule has 146 valence electrons. The van der Waals surface area contributed by atoms with E-state index in [0.29, 0.717) is 6.42 Å². The third-order valence-corrected chi connectivity index (χ3v) is 4.68. The number of nitrogens with one attached hydrogen (secondary N) is 2. The molecule has 2 N–H and O–H groups in total. The Labute approximate surface area is 146 Å². The third-order valence-electron chi connectivity index (χ3n) is 4.68. The van der Waals surface area contributed by atoms with Crippen LogP contribution in [-0.2, 0) is 4.79 Å². The smallest absolute Gasteiger partial charge is 0.291 e. The lowest BCUT2D eigenvalue weighted by Crippen LogP contribution is -3.27. The first-order chi connectivity index (χ1) is 12.0. The molecule has 2 rings (SSSR count). The predicted molar refractivity (Wildman–Crippen MR) is 79.9 cm³/mol. The second-order valence-electron chi connectivity index (χ2n) is 6.26. The van der Waals surface area contributed by atoms with Gasteiger partial charge in [0, 0.05) is 30.8 Å². The molecule has 0 saturated carbocycles. The summed E-state index contributed by atoms with van der Waals surface area (Å²) in [6.45, 7) is 0.833. The molecule has 1 aromatic rings. The lowest BCUT2D eigenvalue weighted by atomic mass is 9.91. The Kier molecular flexibility index (Phi) is 5.84. The average Bonchev–Trinajstić information content (AvgIpc) is 2.58. The number of carbonyl (C=O) groups excluding carboxylic acids is 1. The molecular formula is C16H20F6N3O+. The molecule has 1 aromatic heterocycles. The second kappa shape index (κ2) is 7.42. The van der Waals surface area contributed by atoms with E-state index in [4.69, 9.17) is 0 Å². The monoisotopic (exact) mass is 384 g/mol. The highest BCUT2D eigenvalue weighted by atomic mass is 19.4. The van der Waals surface area contributed by atoms with Gasteiger partial charge in [0.15, 0.2) is 0 Å². The Hall–Kier alpha value is -1.84. The Balaban J connectivity index is 2.62. The number of hydrogen-bond acceptors (Lipinski definition) is 2. The van der Waals surface area contributed by atoms with Crippen LogP contribution in [0.25, 0.3) is 0 Å². The van der Waals surface area contributed by atoms with Gasteiger partial charge in [-0.05, 0) is 18.9 Å². The molecule has 4 nitrogen and oxygen atoms in total. The van der Waals surface area contributed by atoms with Crippen molar-refractivity contribution in [1.82, 2.24) is 10.3 Å². The summed E-state index contributed by atoms with van der Waals surface area (Å²) in [6, 6.07) is 1.84. The van der Waals surface area contributed by atoms with Crippen LogP contribution in [0.4, 0.5) is 26.3 Å². The van der Waals surface area contributed by atoms with E-state index in [0.717, 1.165) is 0 Å². The number of likely N-dealkylation sites (tertiary alicyclic amines) is 1. The van der Waals surface area contributed by atoms with Gasteiger partial charge in [-0.3, -0.25) is 20.0 Å². The summed E-state index contributed by atoms with van der Waals surface area (Å²) in [7, 11) is 0. The molecule has 1 aliphatic heterocycles. The highest BCUT2D eigenvalue weighted by Gasteiger charge is 2.80. The van der Waals surface area contributed by atoms with Crippen LogP contribution in [0.5, 0.6) is 0 Å². The summed E-state index contributed by atoms with van der Waals surface area (Å²) in [5, 5.41) is 1.28. The molecule has 1 aliphatic rings. The molecule has 0 spiro atoms. The summed E-state index contributed by atoms with van der Waals surface area (Å²) in [5.41, 5.74) is -4.08. The normalized spacial score (nSPS) is 22.1. The number of carbonyl (C=O) groups is 1. The van der Waals surface area contributed by atoms with Gasteiger partial charge in [0.05, 0.1) is 6.54 Å². The van der Waals surface area contributed by atoms with E-state index in [9.17, 15) is 31.1 Å². The number of aromatic nitrogens is 1. The van der Waals surface area contributed by atoms with Crippen LogP contribution in [-0.4, -0.2) is 35.5 Å². The van der Waals surface area contributed by atoms with Crippen LogP contribution in [0.1, 0.15) is 44.2 Å². The SMILES string of the molecule is CCC(=O)NC([NH+]1CCCC[C@H]1c1cccnc1)(C(F)(F)F)C(F)(F)F. The van der Waals surface area contributed by atoms with Gasteiger partial charge in [0.1, 0.15) is 6.04 Å². The van der Waals surface area contributed by atoms with Gasteiger partial charge in [-0.2, -0.15) is 26.3 Å². The summed E-state index contributed by atoms with van der Waals surface area (Å²) in [4.78, 5) is 14.7. The highest BCUT2D eigenvalue weighted by Crippen LogP contribution is 2.41. The first-order valence-electron chi connectivity index (χ1n) is 8.25. The molecule has 0 radical (unpaired) electrons. The fourth-order valence-corrected chi connectivity index (χ4v) is 3.46. The van der Waals surface area contributed by atoms with Gasteiger partial charge in [0.2, 0.25) is 5.91 Å². The van der Waals surface area contributed by atoms with Crippen molar-refractivity contribution in [2.24, 2.45) is 0 Å². The van der Waals surface area contributed by atoms with E-state index < -0.39 is 41.3 Å². The third kappa shape index (κ3) is 3.65. The molecule has 0 bridgehead atoms. The number of halogens is 6. The minimum Gasteiger partial charge on any atom is -0.291 e. The molecule has 0 aliphatic carbocycles. The standard InChI is InChI=1S/C16H19F6N3O/c1-2-13(26)24-14(15(17,18)19,16(20,21)22)25-9-4-3-7-12(25)11-6-5-8-23-10-11/h5-6,8,10,12H,2-4,7,9H2,1H3,(H,24,26)/p+1/t12-/m0/s1. The van der Waals surface area contributed by atoms with Gasteiger partial charge in [0.25, 0.3) is 0 Å². The van der Waals surface area contributed by atoms with E-state index >= 15 is 0 Å². The zero-order valence-corrected chi connectivity index (χ0v) is 14.0. The van der Waals surface area contributed by atoms with Crippen molar-refractivity contribution in [1.29, 1.82) is 0 Å². The van der Waals surface area contributed by atoms with Crippen LogP contribution in [0.2, 0.25) is 0 Å². The number of pyridine rings is 1. The summed E-state index contributed by atoms with van der Waals surface area (Å²) in [6.07, 6.45) is -8.43. The van der Waals surface area contributed by atoms with Crippen LogP contribution in [0.15, 0.2) is 24.5 Å². The molecule has 2 atom stereocenters. The first kappa shape index (κ1) is 20.5.